The zero-order valence-electron chi connectivity index (χ0n) is 12.0. The van der Waals surface area contributed by atoms with Crippen molar-refractivity contribution in [3.8, 4) is 0 Å². The highest BCUT2D eigenvalue weighted by molar-refractivity contribution is 5.73. The monoisotopic (exact) mass is 273 g/mol. The first kappa shape index (κ1) is 15.8. The van der Waals surface area contributed by atoms with E-state index in [1.165, 1.54) is 0 Å². The molecule has 0 saturated carbocycles. The summed E-state index contributed by atoms with van der Waals surface area (Å²) in [6, 6.07) is 0. The molecule has 0 aromatic heterocycles. The largest absolute Gasteiger partial charge is 0.481 e. The van der Waals surface area contributed by atoms with Gasteiger partial charge in [-0.25, -0.2) is 4.79 Å². The summed E-state index contributed by atoms with van der Waals surface area (Å²) in [7, 11) is 0. The summed E-state index contributed by atoms with van der Waals surface area (Å²) < 4.78 is 10.7. The van der Waals surface area contributed by atoms with Gasteiger partial charge in [-0.05, 0) is 40.5 Å². The Morgan fingerprint density at radius 1 is 1.37 bits per heavy atom. The molecule has 0 radical (unpaired) electrons. The van der Waals surface area contributed by atoms with E-state index in [0.717, 1.165) is 12.8 Å². The van der Waals surface area contributed by atoms with Crippen LogP contribution in [-0.4, -0.2) is 41.0 Å². The highest BCUT2D eigenvalue weighted by Crippen LogP contribution is 2.27. The molecule has 1 aliphatic heterocycles. The molecule has 1 fully saturated rings. The number of carboxylic acid groups (broad SMARTS) is 1. The van der Waals surface area contributed by atoms with Crippen molar-refractivity contribution < 1.29 is 24.2 Å². The van der Waals surface area contributed by atoms with E-state index in [9.17, 15) is 9.59 Å². The number of rotatable bonds is 4. The van der Waals surface area contributed by atoms with Crippen molar-refractivity contribution in [2.75, 3.05) is 6.61 Å². The van der Waals surface area contributed by atoms with Gasteiger partial charge in [0.1, 0.15) is 5.60 Å². The molecule has 0 aliphatic carbocycles. The summed E-state index contributed by atoms with van der Waals surface area (Å²) >= 11 is 0. The Labute approximate surface area is 113 Å². The first-order valence-corrected chi connectivity index (χ1v) is 6.47. The van der Waals surface area contributed by atoms with E-state index in [2.05, 4.69) is 5.32 Å². The van der Waals surface area contributed by atoms with E-state index in [0.29, 0.717) is 6.61 Å². The minimum absolute atomic E-state index is 0.198. The number of hydrogen-bond acceptors (Lipinski definition) is 4. The van der Waals surface area contributed by atoms with Gasteiger partial charge >= 0.3 is 12.1 Å². The lowest BCUT2D eigenvalue weighted by molar-refractivity contribution is -0.140. The van der Waals surface area contributed by atoms with Gasteiger partial charge in [0.25, 0.3) is 0 Å². The zero-order chi connectivity index (χ0) is 14.7. The number of hydrogen-bond donors (Lipinski definition) is 2. The molecule has 110 valence electrons. The van der Waals surface area contributed by atoms with Crippen LogP contribution in [0.1, 0.15) is 47.0 Å². The molecular weight excluding hydrogens is 250 g/mol. The number of ether oxygens (including phenoxy) is 2. The van der Waals surface area contributed by atoms with E-state index in [4.69, 9.17) is 14.6 Å². The number of aliphatic carboxylic acids is 1. The molecule has 0 aromatic carbocycles. The fraction of sp³-hybridized carbons (Fsp3) is 0.846. The molecular formula is C13H23NO5. The fourth-order valence-electron chi connectivity index (χ4n) is 2.17. The van der Waals surface area contributed by atoms with Crippen molar-refractivity contribution in [2.45, 2.75) is 64.2 Å². The van der Waals surface area contributed by atoms with E-state index in [-0.39, 0.29) is 12.5 Å². The molecule has 2 N–H and O–H groups in total. The smallest absolute Gasteiger partial charge is 0.408 e. The number of carbonyl (C=O) groups excluding carboxylic acids is 1. The van der Waals surface area contributed by atoms with E-state index in [1.807, 2.05) is 0 Å². The third-order valence-corrected chi connectivity index (χ3v) is 2.95. The van der Waals surface area contributed by atoms with Gasteiger partial charge in [0.15, 0.2) is 0 Å². The molecule has 6 heteroatoms. The summed E-state index contributed by atoms with van der Waals surface area (Å²) in [6.45, 7) is 7.55. The predicted molar refractivity (Wildman–Crippen MR) is 69.0 cm³/mol. The lowest BCUT2D eigenvalue weighted by Crippen LogP contribution is -2.56. The van der Waals surface area contributed by atoms with Crippen molar-refractivity contribution in [2.24, 2.45) is 0 Å². The van der Waals surface area contributed by atoms with Crippen LogP contribution in [0.5, 0.6) is 0 Å². The van der Waals surface area contributed by atoms with Gasteiger partial charge in [-0.2, -0.15) is 0 Å². The van der Waals surface area contributed by atoms with Crippen molar-refractivity contribution >= 4 is 12.1 Å². The standard InChI is InChI=1S/C13H23NO5/c1-12(2,3)19-11(17)14-13(4,8-10(15)16)9-6-5-7-18-9/h9H,5-8H2,1-4H3,(H,14,17)(H,15,16). The average molecular weight is 273 g/mol. The van der Waals surface area contributed by atoms with Crippen molar-refractivity contribution in [1.82, 2.24) is 5.32 Å². The number of carboxylic acids is 1. The van der Waals surface area contributed by atoms with Crippen LogP contribution in [0, 0.1) is 0 Å². The van der Waals surface area contributed by atoms with Gasteiger partial charge in [0, 0.05) is 6.61 Å². The first-order chi connectivity index (χ1) is 8.62. The molecule has 0 spiro atoms. The van der Waals surface area contributed by atoms with Gasteiger partial charge in [-0.3, -0.25) is 4.79 Å². The van der Waals surface area contributed by atoms with Crippen LogP contribution < -0.4 is 5.32 Å². The SMILES string of the molecule is CC(C)(C)OC(=O)NC(C)(CC(=O)O)C1CCCO1. The predicted octanol–water partition coefficient (Wildman–Crippen LogP) is 1.92. The van der Waals surface area contributed by atoms with Crippen LogP contribution in [0.25, 0.3) is 0 Å². The molecule has 0 bridgehead atoms. The Morgan fingerprint density at radius 3 is 2.42 bits per heavy atom. The maximum atomic E-state index is 11.8. The van der Waals surface area contributed by atoms with Crippen LogP contribution in [0.3, 0.4) is 0 Å². The summed E-state index contributed by atoms with van der Waals surface area (Å²) in [5.74, 6) is -0.978. The zero-order valence-corrected chi connectivity index (χ0v) is 12.0. The number of amides is 1. The van der Waals surface area contributed by atoms with Gasteiger partial charge < -0.3 is 19.9 Å². The Balaban J connectivity index is 2.73. The second-order valence-electron chi connectivity index (χ2n) is 6.12. The van der Waals surface area contributed by atoms with Crippen LogP contribution >= 0.6 is 0 Å². The lowest BCUT2D eigenvalue weighted by Gasteiger charge is -2.35. The molecule has 1 amide bonds. The minimum Gasteiger partial charge on any atom is -0.481 e. The topological polar surface area (TPSA) is 84.9 Å². The maximum Gasteiger partial charge on any atom is 0.408 e. The van der Waals surface area contributed by atoms with E-state index >= 15 is 0 Å². The Bertz CT molecular complexity index is 343. The Morgan fingerprint density at radius 2 is 2.00 bits per heavy atom. The Hall–Kier alpha value is -1.30. The minimum atomic E-state index is -0.978. The van der Waals surface area contributed by atoms with E-state index in [1.54, 1.807) is 27.7 Å². The highest BCUT2D eigenvalue weighted by Gasteiger charge is 2.41. The normalized spacial score (nSPS) is 22.6. The van der Waals surface area contributed by atoms with Crippen LogP contribution in [0.15, 0.2) is 0 Å². The van der Waals surface area contributed by atoms with Crippen LogP contribution in [0.4, 0.5) is 4.79 Å². The summed E-state index contributed by atoms with van der Waals surface area (Å²) in [5, 5.41) is 11.7. The summed E-state index contributed by atoms with van der Waals surface area (Å²) in [5.41, 5.74) is -1.57. The molecule has 2 atom stereocenters. The summed E-state index contributed by atoms with van der Waals surface area (Å²) in [6.07, 6.45) is 0.495. The summed E-state index contributed by atoms with van der Waals surface area (Å²) in [4.78, 5) is 22.8. The van der Waals surface area contributed by atoms with Crippen LogP contribution in [0.2, 0.25) is 0 Å². The number of carbonyl (C=O) groups is 2. The van der Waals surface area contributed by atoms with Gasteiger partial charge in [-0.1, -0.05) is 0 Å². The van der Waals surface area contributed by atoms with Gasteiger partial charge in [0.2, 0.25) is 0 Å². The molecule has 19 heavy (non-hydrogen) atoms. The first-order valence-electron chi connectivity index (χ1n) is 6.47. The Kier molecular flexibility index (Phi) is 4.79. The number of alkyl carbamates (subject to hydrolysis) is 1. The second kappa shape index (κ2) is 5.77. The average Bonchev–Trinajstić information content (AvgIpc) is 2.64. The molecule has 2 unspecified atom stereocenters. The molecule has 1 rings (SSSR count). The molecule has 6 nitrogen and oxygen atoms in total. The van der Waals surface area contributed by atoms with Crippen molar-refractivity contribution in [1.29, 1.82) is 0 Å². The highest BCUT2D eigenvalue weighted by atomic mass is 16.6. The lowest BCUT2D eigenvalue weighted by atomic mass is 9.89. The van der Waals surface area contributed by atoms with Gasteiger partial charge in [0.05, 0.1) is 18.1 Å². The molecule has 1 heterocycles. The third-order valence-electron chi connectivity index (χ3n) is 2.95. The quantitative estimate of drug-likeness (QED) is 0.817. The van der Waals surface area contributed by atoms with Gasteiger partial charge in [-0.15, -0.1) is 0 Å². The van der Waals surface area contributed by atoms with Crippen LogP contribution in [-0.2, 0) is 14.3 Å². The second-order valence-corrected chi connectivity index (χ2v) is 6.12. The molecule has 1 aliphatic rings. The van der Waals surface area contributed by atoms with Crippen molar-refractivity contribution in [3.63, 3.8) is 0 Å². The molecule has 1 saturated heterocycles. The molecule has 0 aromatic rings. The number of nitrogens with one attached hydrogen (secondary N) is 1. The fourth-order valence-corrected chi connectivity index (χ4v) is 2.17. The third kappa shape index (κ3) is 5.06. The van der Waals surface area contributed by atoms with E-state index < -0.39 is 23.2 Å². The maximum absolute atomic E-state index is 11.8. The van der Waals surface area contributed by atoms with Crippen molar-refractivity contribution in [3.05, 3.63) is 0 Å².